The molecule has 0 radical (unpaired) electrons. The summed E-state index contributed by atoms with van der Waals surface area (Å²) in [5.41, 5.74) is 6.07. The van der Waals surface area contributed by atoms with Gasteiger partial charge in [-0.3, -0.25) is 4.79 Å². The fourth-order valence-electron chi connectivity index (χ4n) is 1.08. The summed E-state index contributed by atoms with van der Waals surface area (Å²) in [6, 6.07) is 4.41. The highest BCUT2D eigenvalue weighted by molar-refractivity contribution is 5.75. The Morgan fingerprint density at radius 1 is 1.57 bits per heavy atom. The van der Waals surface area contributed by atoms with Gasteiger partial charge in [0.1, 0.15) is 5.75 Å². The molecular formula is C9H12N2O3. The van der Waals surface area contributed by atoms with Gasteiger partial charge in [0.25, 0.3) is 0 Å². The summed E-state index contributed by atoms with van der Waals surface area (Å²) in [5, 5.41) is 21.0. The second kappa shape index (κ2) is 4.59. The van der Waals surface area contributed by atoms with Gasteiger partial charge in [0.2, 0.25) is 6.41 Å². The third-order valence-corrected chi connectivity index (χ3v) is 1.84. The van der Waals surface area contributed by atoms with E-state index in [0.717, 1.165) is 0 Å². The Hall–Kier alpha value is -1.59. The molecule has 1 aromatic carbocycles. The molecule has 0 saturated heterocycles. The number of carbonyl (C=O) groups excluding carboxylic acids is 1. The van der Waals surface area contributed by atoms with Crippen molar-refractivity contribution in [1.82, 2.24) is 0 Å². The average molecular weight is 196 g/mol. The number of hydrogen-bond donors (Lipinski definition) is 4. The van der Waals surface area contributed by atoms with Gasteiger partial charge < -0.3 is 21.3 Å². The molecule has 14 heavy (non-hydrogen) atoms. The van der Waals surface area contributed by atoms with E-state index < -0.39 is 6.10 Å². The molecule has 5 heteroatoms. The van der Waals surface area contributed by atoms with Gasteiger partial charge in [-0.15, -0.1) is 0 Å². The van der Waals surface area contributed by atoms with Crippen molar-refractivity contribution < 1.29 is 15.0 Å². The van der Waals surface area contributed by atoms with Crippen LogP contribution in [0.4, 0.5) is 5.69 Å². The van der Waals surface area contributed by atoms with Crippen LogP contribution >= 0.6 is 0 Å². The highest BCUT2D eigenvalue weighted by Gasteiger charge is 2.08. The van der Waals surface area contributed by atoms with Gasteiger partial charge in [-0.2, -0.15) is 0 Å². The molecule has 1 aromatic rings. The monoisotopic (exact) mass is 196 g/mol. The van der Waals surface area contributed by atoms with Gasteiger partial charge >= 0.3 is 0 Å². The summed E-state index contributed by atoms with van der Waals surface area (Å²) < 4.78 is 0. The lowest BCUT2D eigenvalue weighted by molar-refractivity contribution is -0.105. The number of aromatic hydroxyl groups is 1. The van der Waals surface area contributed by atoms with Crippen LogP contribution in [0.5, 0.6) is 5.75 Å². The number of hydrogen-bond acceptors (Lipinski definition) is 4. The Balaban J connectivity index is 2.99. The number of amides is 1. The number of aliphatic hydroxyl groups excluding tert-OH is 1. The summed E-state index contributed by atoms with van der Waals surface area (Å²) in [5.74, 6) is -0.0509. The maximum Gasteiger partial charge on any atom is 0.211 e. The third kappa shape index (κ3) is 2.21. The molecule has 0 fully saturated rings. The number of carbonyl (C=O) groups is 1. The van der Waals surface area contributed by atoms with Gasteiger partial charge in [0.05, 0.1) is 11.8 Å². The van der Waals surface area contributed by atoms with Crippen LogP contribution in [-0.4, -0.2) is 23.2 Å². The maximum absolute atomic E-state index is 10.2. The molecule has 0 aliphatic carbocycles. The lowest BCUT2D eigenvalue weighted by Gasteiger charge is -2.10. The number of anilines is 1. The Kier molecular flexibility index (Phi) is 3.44. The molecule has 1 amide bonds. The SMILES string of the molecule is NC[C@H](O)c1ccc(O)c(NC=O)c1. The first-order chi connectivity index (χ1) is 6.69. The molecule has 0 unspecified atom stereocenters. The lowest BCUT2D eigenvalue weighted by Crippen LogP contribution is -2.11. The van der Waals surface area contributed by atoms with Crippen molar-refractivity contribution >= 4 is 12.1 Å². The van der Waals surface area contributed by atoms with E-state index >= 15 is 0 Å². The molecule has 0 heterocycles. The van der Waals surface area contributed by atoms with Crippen LogP contribution in [0.2, 0.25) is 0 Å². The van der Waals surface area contributed by atoms with E-state index in [1.807, 2.05) is 0 Å². The number of benzene rings is 1. The summed E-state index contributed by atoms with van der Waals surface area (Å²) in [6.45, 7) is 0.0886. The van der Waals surface area contributed by atoms with Gasteiger partial charge in [-0.25, -0.2) is 0 Å². The zero-order valence-corrected chi connectivity index (χ0v) is 7.47. The maximum atomic E-state index is 10.2. The predicted molar refractivity (Wildman–Crippen MR) is 51.8 cm³/mol. The Bertz CT molecular complexity index is 328. The van der Waals surface area contributed by atoms with E-state index in [1.54, 1.807) is 6.07 Å². The van der Waals surface area contributed by atoms with Crippen LogP contribution in [0.1, 0.15) is 11.7 Å². The lowest BCUT2D eigenvalue weighted by atomic mass is 10.1. The van der Waals surface area contributed by atoms with Crippen LogP contribution in [0.25, 0.3) is 0 Å². The van der Waals surface area contributed by atoms with E-state index in [1.165, 1.54) is 12.1 Å². The van der Waals surface area contributed by atoms with Crippen molar-refractivity contribution in [3.8, 4) is 5.75 Å². The summed E-state index contributed by atoms with van der Waals surface area (Å²) in [6.07, 6.45) is -0.337. The van der Waals surface area contributed by atoms with Gasteiger partial charge in [0, 0.05) is 6.54 Å². The predicted octanol–water partition coefficient (Wildman–Crippen LogP) is -0.0474. The van der Waals surface area contributed by atoms with Crippen molar-refractivity contribution in [3.05, 3.63) is 23.8 Å². The molecular weight excluding hydrogens is 184 g/mol. The summed E-state index contributed by atoms with van der Waals surface area (Å²) in [4.78, 5) is 10.2. The van der Waals surface area contributed by atoms with Crippen LogP contribution in [0.15, 0.2) is 18.2 Å². The minimum Gasteiger partial charge on any atom is -0.506 e. The van der Waals surface area contributed by atoms with Crippen molar-refractivity contribution in [1.29, 1.82) is 0 Å². The largest absolute Gasteiger partial charge is 0.506 e. The molecule has 1 atom stereocenters. The minimum atomic E-state index is -0.789. The highest BCUT2D eigenvalue weighted by atomic mass is 16.3. The molecule has 76 valence electrons. The van der Waals surface area contributed by atoms with E-state index in [4.69, 9.17) is 5.73 Å². The second-order valence-corrected chi connectivity index (χ2v) is 2.79. The molecule has 0 aliphatic heterocycles. The number of phenolic OH excluding ortho intramolecular Hbond substituents is 1. The normalized spacial score (nSPS) is 12.1. The summed E-state index contributed by atoms with van der Waals surface area (Å²) >= 11 is 0. The van der Waals surface area contributed by atoms with Gasteiger partial charge in [-0.05, 0) is 17.7 Å². The molecule has 5 nitrogen and oxygen atoms in total. The third-order valence-electron chi connectivity index (χ3n) is 1.84. The van der Waals surface area contributed by atoms with Crippen molar-refractivity contribution in [2.75, 3.05) is 11.9 Å². The fraction of sp³-hybridized carbons (Fsp3) is 0.222. The number of nitrogens with one attached hydrogen (secondary N) is 1. The Morgan fingerprint density at radius 3 is 2.86 bits per heavy atom. The van der Waals surface area contributed by atoms with Gasteiger partial charge in [-0.1, -0.05) is 6.07 Å². The second-order valence-electron chi connectivity index (χ2n) is 2.79. The smallest absolute Gasteiger partial charge is 0.211 e. The molecule has 0 aromatic heterocycles. The molecule has 0 spiro atoms. The fourth-order valence-corrected chi connectivity index (χ4v) is 1.08. The molecule has 1 rings (SSSR count). The summed E-state index contributed by atoms with van der Waals surface area (Å²) in [7, 11) is 0. The van der Waals surface area contributed by atoms with Crippen LogP contribution in [0, 0.1) is 0 Å². The number of phenols is 1. The van der Waals surface area contributed by atoms with Crippen molar-refractivity contribution in [2.45, 2.75) is 6.10 Å². The topological polar surface area (TPSA) is 95.6 Å². The average Bonchev–Trinajstić information content (AvgIpc) is 2.20. The Morgan fingerprint density at radius 2 is 2.29 bits per heavy atom. The van der Waals surface area contributed by atoms with Crippen LogP contribution in [0.3, 0.4) is 0 Å². The van der Waals surface area contributed by atoms with Gasteiger partial charge in [0.15, 0.2) is 0 Å². The van der Waals surface area contributed by atoms with E-state index in [9.17, 15) is 15.0 Å². The standard InChI is InChI=1S/C9H12N2O3/c10-4-9(14)6-1-2-8(13)7(3-6)11-5-12/h1-3,5,9,13-14H,4,10H2,(H,11,12)/t9-/m0/s1. The minimum absolute atomic E-state index is 0.0509. The first kappa shape index (κ1) is 10.5. The quantitative estimate of drug-likeness (QED) is 0.401. The van der Waals surface area contributed by atoms with E-state index in [-0.39, 0.29) is 18.0 Å². The molecule has 0 bridgehead atoms. The Labute approximate surface area is 81.2 Å². The zero-order chi connectivity index (χ0) is 10.6. The molecule has 5 N–H and O–H groups in total. The van der Waals surface area contributed by atoms with Crippen molar-refractivity contribution in [3.63, 3.8) is 0 Å². The van der Waals surface area contributed by atoms with E-state index in [2.05, 4.69) is 5.32 Å². The van der Waals surface area contributed by atoms with E-state index in [0.29, 0.717) is 12.0 Å². The number of aliphatic hydroxyl groups is 1. The number of rotatable bonds is 4. The molecule has 0 aliphatic rings. The van der Waals surface area contributed by atoms with Crippen molar-refractivity contribution in [2.24, 2.45) is 5.73 Å². The molecule has 0 saturated carbocycles. The zero-order valence-electron chi connectivity index (χ0n) is 7.47. The highest BCUT2D eigenvalue weighted by Crippen LogP contribution is 2.26. The first-order valence-corrected chi connectivity index (χ1v) is 4.10. The first-order valence-electron chi connectivity index (χ1n) is 4.10. The number of nitrogens with two attached hydrogens (primary N) is 1. The van der Waals surface area contributed by atoms with Crippen LogP contribution in [-0.2, 0) is 4.79 Å². The van der Waals surface area contributed by atoms with Crippen LogP contribution < -0.4 is 11.1 Å².